The van der Waals surface area contributed by atoms with Crippen molar-refractivity contribution in [1.82, 2.24) is 15.0 Å². The molecule has 0 saturated heterocycles. The SMILES string of the molecule is Oc1cnc(-c2ccc(F)nc2)nc1. The zero-order chi connectivity index (χ0) is 9.97. The summed E-state index contributed by atoms with van der Waals surface area (Å²) in [5.74, 6) is -0.161. The summed E-state index contributed by atoms with van der Waals surface area (Å²) in [7, 11) is 0. The van der Waals surface area contributed by atoms with Gasteiger partial charge in [-0.1, -0.05) is 0 Å². The Morgan fingerprint density at radius 3 is 2.29 bits per heavy atom. The van der Waals surface area contributed by atoms with E-state index in [-0.39, 0.29) is 5.75 Å². The molecule has 2 aromatic rings. The summed E-state index contributed by atoms with van der Waals surface area (Å²) in [6, 6.07) is 2.75. The van der Waals surface area contributed by atoms with E-state index in [1.165, 1.54) is 30.7 Å². The predicted molar refractivity (Wildman–Crippen MR) is 46.9 cm³/mol. The van der Waals surface area contributed by atoms with Crippen LogP contribution < -0.4 is 0 Å². The first-order chi connectivity index (χ1) is 6.75. The molecule has 0 bridgehead atoms. The number of aromatic nitrogens is 3. The fourth-order valence-corrected chi connectivity index (χ4v) is 0.978. The summed E-state index contributed by atoms with van der Waals surface area (Å²) in [5, 5.41) is 8.95. The fourth-order valence-electron chi connectivity index (χ4n) is 0.978. The lowest BCUT2D eigenvalue weighted by molar-refractivity contribution is 0.470. The Kier molecular flexibility index (Phi) is 2.06. The third-order valence-electron chi connectivity index (χ3n) is 1.62. The van der Waals surface area contributed by atoms with Crippen LogP contribution in [0.15, 0.2) is 30.7 Å². The van der Waals surface area contributed by atoms with Gasteiger partial charge in [0.25, 0.3) is 0 Å². The topological polar surface area (TPSA) is 58.9 Å². The van der Waals surface area contributed by atoms with E-state index in [9.17, 15) is 4.39 Å². The molecule has 0 atom stereocenters. The minimum Gasteiger partial charge on any atom is -0.505 e. The van der Waals surface area contributed by atoms with E-state index in [4.69, 9.17) is 5.11 Å². The third-order valence-corrected chi connectivity index (χ3v) is 1.62. The molecule has 0 aromatic carbocycles. The number of rotatable bonds is 1. The van der Waals surface area contributed by atoms with Gasteiger partial charge in [0.15, 0.2) is 11.6 Å². The van der Waals surface area contributed by atoms with E-state index in [1.54, 1.807) is 0 Å². The second-order valence-corrected chi connectivity index (χ2v) is 2.63. The highest BCUT2D eigenvalue weighted by Crippen LogP contribution is 2.14. The monoisotopic (exact) mass is 191 g/mol. The van der Waals surface area contributed by atoms with Crippen molar-refractivity contribution in [2.75, 3.05) is 0 Å². The van der Waals surface area contributed by atoms with Crippen LogP contribution in [0.4, 0.5) is 4.39 Å². The average Bonchev–Trinajstić information content (AvgIpc) is 2.21. The quantitative estimate of drug-likeness (QED) is 0.692. The summed E-state index contributed by atoms with van der Waals surface area (Å²) in [5.41, 5.74) is 0.603. The van der Waals surface area contributed by atoms with Crippen LogP contribution in [0, 0.1) is 5.95 Å². The first kappa shape index (κ1) is 8.55. The molecule has 2 heterocycles. The number of nitrogens with zero attached hydrogens (tertiary/aromatic N) is 3. The van der Waals surface area contributed by atoms with Gasteiger partial charge in [-0.25, -0.2) is 15.0 Å². The number of aromatic hydroxyl groups is 1. The molecule has 0 aliphatic rings. The lowest BCUT2D eigenvalue weighted by atomic mass is 10.3. The zero-order valence-corrected chi connectivity index (χ0v) is 7.05. The van der Waals surface area contributed by atoms with Crippen LogP contribution in [0.5, 0.6) is 5.75 Å². The van der Waals surface area contributed by atoms with Crippen LogP contribution in [0.3, 0.4) is 0 Å². The van der Waals surface area contributed by atoms with E-state index in [1.807, 2.05) is 0 Å². The highest BCUT2D eigenvalue weighted by atomic mass is 19.1. The smallest absolute Gasteiger partial charge is 0.212 e. The maximum absolute atomic E-state index is 12.5. The third kappa shape index (κ3) is 1.66. The van der Waals surface area contributed by atoms with E-state index in [0.717, 1.165) is 0 Å². The molecule has 0 saturated carbocycles. The molecule has 0 unspecified atom stereocenters. The van der Waals surface area contributed by atoms with Gasteiger partial charge in [-0.2, -0.15) is 4.39 Å². The Morgan fingerprint density at radius 2 is 1.71 bits per heavy atom. The van der Waals surface area contributed by atoms with Crippen molar-refractivity contribution in [1.29, 1.82) is 0 Å². The predicted octanol–water partition coefficient (Wildman–Crippen LogP) is 1.38. The largest absolute Gasteiger partial charge is 0.505 e. The fraction of sp³-hybridized carbons (Fsp3) is 0. The number of hydrogen-bond acceptors (Lipinski definition) is 4. The van der Waals surface area contributed by atoms with Gasteiger partial charge >= 0.3 is 0 Å². The van der Waals surface area contributed by atoms with Gasteiger partial charge in [0.1, 0.15) is 0 Å². The molecule has 2 aromatic heterocycles. The maximum atomic E-state index is 12.5. The molecule has 0 radical (unpaired) electrons. The van der Waals surface area contributed by atoms with Gasteiger partial charge in [-0.15, -0.1) is 0 Å². The second kappa shape index (κ2) is 3.37. The molecule has 0 spiro atoms. The highest BCUT2D eigenvalue weighted by Gasteiger charge is 2.01. The van der Waals surface area contributed by atoms with Gasteiger partial charge < -0.3 is 5.11 Å². The second-order valence-electron chi connectivity index (χ2n) is 2.63. The van der Waals surface area contributed by atoms with Crippen molar-refractivity contribution < 1.29 is 9.50 Å². The van der Waals surface area contributed by atoms with Crippen LogP contribution in [-0.2, 0) is 0 Å². The summed E-state index contributed by atoms with van der Waals surface area (Å²) < 4.78 is 12.5. The lowest BCUT2D eigenvalue weighted by Gasteiger charge is -1.98. The molecule has 4 nitrogen and oxygen atoms in total. The number of halogens is 1. The zero-order valence-electron chi connectivity index (χ0n) is 7.05. The van der Waals surface area contributed by atoms with Crippen molar-refractivity contribution in [2.45, 2.75) is 0 Å². The molecule has 0 aliphatic heterocycles. The van der Waals surface area contributed by atoms with Crippen LogP contribution >= 0.6 is 0 Å². The molecule has 14 heavy (non-hydrogen) atoms. The first-order valence-electron chi connectivity index (χ1n) is 3.88. The minimum absolute atomic E-state index is 0.0104. The minimum atomic E-state index is -0.549. The molecule has 5 heteroatoms. The van der Waals surface area contributed by atoms with E-state index in [2.05, 4.69) is 15.0 Å². The van der Waals surface area contributed by atoms with Crippen LogP contribution in [-0.4, -0.2) is 20.1 Å². The Morgan fingerprint density at radius 1 is 1.00 bits per heavy atom. The standard InChI is InChI=1S/C9H6FN3O/c10-8-2-1-6(3-11-8)9-12-4-7(14)5-13-9/h1-5,14H. The molecule has 0 fully saturated rings. The summed E-state index contributed by atoms with van der Waals surface area (Å²) in [4.78, 5) is 11.2. The van der Waals surface area contributed by atoms with Crippen LogP contribution in [0.2, 0.25) is 0 Å². The summed E-state index contributed by atoms with van der Waals surface area (Å²) in [6.45, 7) is 0. The Hall–Kier alpha value is -2.04. The van der Waals surface area contributed by atoms with E-state index in [0.29, 0.717) is 11.4 Å². The maximum Gasteiger partial charge on any atom is 0.212 e. The van der Waals surface area contributed by atoms with Crippen molar-refractivity contribution in [3.05, 3.63) is 36.7 Å². The van der Waals surface area contributed by atoms with Crippen molar-refractivity contribution >= 4 is 0 Å². The average molecular weight is 191 g/mol. The molecule has 0 aliphatic carbocycles. The van der Waals surface area contributed by atoms with Crippen molar-refractivity contribution in [3.63, 3.8) is 0 Å². The molecular formula is C9H6FN3O. The van der Waals surface area contributed by atoms with Gasteiger partial charge in [-0.3, -0.25) is 0 Å². The number of hydrogen-bond donors (Lipinski definition) is 1. The lowest BCUT2D eigenvalue weighted by Crippen LogP contribution is -1.89. The Balaban J connectivity index is 2.40. The molecule has 70 valence electrons. The van der Waals surface area contributed by atoms with E-state index >= 15 is 0 Å². The molecule has 0 amide bonds. The first-order valence-corrected chi connectivity index (χ1v) is 3.88. The van der Waals surface area contributed by atoms with Gasteiger partial charge in [0.2, 0.25) is 5.95 Å². The Bertz CT molecular complexity index is 383. The number of pyridine rings is 1. The molecule has 1 N–H and O–H groups in total. The summed E-state index contributed by atoms with van der Waals surface area (Å²) >= 11 is 0. The molecular weight excluding hydrogens is 185 g/mol. The van der Waals surface area contributed by atoms with Crippen LogP contribution in [0.25, 0.3) is 11.4 Å². The Labute approximate surface area is 79.1 Å². The van der Waals surface area contributed by atoms with E-state index < -0.39 is 5.95 Å². The van der Waals surface area contributed by atoms with Crippen LogP contribution in [0.1, 0.15) is 0 Å². The normalized spacial score (nSPS) is 10.1. The van der Waals surface area contributed by atoms with Crippen molar-refractivity contribution in [2.24, 2.45) is 0 Å². The van der Waals surface area contributed by atoms with Gasteiger partial charge in [0.05, 0.1) is 12.4 Å². The highest BCUT2D eigenvalue weighted by molar-refractivity contribution is 5.52. The van der Waals surface area contributed by atoms with Crippen molar-refractivity contribution in [3.8, 4) is 17.1 Å². The van der Waals surface area contributed by atoms with Gasteiger partial charge in [-0.05, 0) is 12.1 Å². The van der Waals surface area contributed by atoms with Gasteiger partial charge in [0, 0.05) is 11.8 Å². The summed E-state index contributed by atoms with van der Waals surface area (Å²) in [6.07, 6.45) is 3.87. The molecule has 2 rings (SSSR count).